The molecule has 0 aliphatic carbocycles. The third-order valence-corrected chi connectivity index (χ3v) is 8.49. The number of aromatic amines is 1. The number of urea groups is 1. The largest absolute Gasteiger partial charge is 0.354 e. The summed E-state index contributed by atoms with van der Waals surface area (Å²) in [6.45, 7) is 16.0. The molecule has 2 amide bonds. The van der Waals surface area contributed by atoms with Crippen LogP contribution in [0.3, 0.4) is 0 Å². The topological polar surface area (TPSA) is 89.8 Å². The number of pyridine rings is 1. The molecule has 0 bridgehead atoms. The molecule has 0 saturated carbocycles. The number of H-pyrrole nitrogens is 1. The van der Waals surface area contributed by atoms with Gasteiger partial charge < -0.3 is 20.5 Å². The fourth-order valence-electron chi connectivity index (χ4n) is 6.21. The van der Waals surface area contributed by atoms with Gasteiger partial charge in [-0.2, -0.15) is 5.10 Å². The number of amides is 2. The molecule has 38 heavy (non-hydrogen) atoms. The van der Waals surface area contributed by atoms with Crippen LogP contribution >= 0.6 is 0 Å². The average molecular weight is 516 g/mol. The predicted molar refractivity (Wildman–Crippen MR) is 155 cm³/mol. The van der Waals surface area contributed by atoms with E-state index in [1.54, 1.807) is 11.7 Å². The number of hydrogen-bond acceptors (Lipinski definition) is 4. The first-order valence-electron chi connectivity index (χ1n) is 13.9. The van der Waals surface area contributed by atoms with Gasteiger partial charge in [-0.05, 0) is 85.9 Å². The van der Waals surface area contributed by atoms with Crippen LogP contribution in [0.2, 0.25) is 0 Å². The molecule has 0 radical (unpaired) electrons. The fourth-order valence-corrected chi connectivity index (χ4v) is 6.21. The maximum atomic E-state index is 12.7. The summed E-state index contributed by atoms with van der Waals surface area (Å²) in [6.07, 6.45) is 5.03. The second-order valence-electron chi connectivity index (χ2n) is 11.1. The highest BCUT2D eigenvalue weighted by Crippen LogP contribution is 2.39. The van der Waals surface area contributed by atoms with Crippen molar-refractivity contribution in [3.8, 4) is 11.3 Å². The lowest BCUT2D eigenvalue weighted by molar-refractivity contribution is 0.178. The first-order chi connectivity index (χ1) is 18.3. The number of carbonyl (C=O) groups excluding carboxylic acids is 1. The van der Waals surface area contributed by atoms with E-state index in [1.165, 1.54) is 22.1 Å². The summed E-state index contributed by atoms with van der Waals surface area (Å²) >= 11 is 0. The molecule has 8 heteroatoms. The Hall–Kier alpha value is -3.39. The third kappa shape index (κ3) is 4.77. The van der Waals surface area contributed by atoms with Gasteiger partial charge in [0.25, 0.3) is 0 Å². The summed E-state index contributed by atoms with van der Waals surface area (Å²) in [7, 11) is 1.79. The highest BCUT2D eigenvalue weighted by molar-refractivity contribution is 5.92. The van der Waals surface area contributed by atoms with E-state index in [9.17, 15) is 4.79 Å². The van der Waals surface area contributed by atoms with Crippen molar-refractivity contribution in [1.29, 1.82) is 0 Å². The van der Waals surface area contributed by atoms with Crippen LogP contribution in [0.5, 0.6) is 0 Å². The summed E-state index contributed by atoms with van der Waals surface area (Å²) in [6, 6.07) is 7.22. The highest BCUT2D eigenvalue weighted by atomic mass is 16.2. The Morgan fingerprint density at radius 2 is 1.92 bits per heavy atom. The van der Waals surface area contributed by atoms with Gasteiger partial charge in [0.15, 0.2) is 5.49 Å². The molecule has 202 valence electrons. The maximum absolute atomic E-state index is 12.7. The van der Waals surface area contributed by atoms with Gasteiger partial charge in [-0.15, -0.1) is 0 Å². The van der Waals surface area contributed by atoms with Gasteiger partial charge >= 0.3 is 6.03 Å². The van der Waals surface area contributed by atoms with Crippen LogP contribution in [0, 0.1) is 13.8 Å². The molecule has 2 saturated heterocycles. The smallest absolute Gasteiger partial charge is 0.317 e. The molecule has 0 spiro atoms. The number of hydrogen-bond donors (Lipinski definition) is 3. The number of piperidine rings is 1. The van der Waals surface area contributed by atoms with Crippen LogP contribution in [-0.2, 0) is 0 Å². The van der Waals surface area contributed by atoms with Gasteiger partial charge in [0.2, 0.25) is 0 Å². The Morgan fingerprint density at radius 1 is 1.16 bits per heavy atom. The Balaban J connectivity index is 1.44. The first-order valence-corrected chi connectivity index (χ1v) is 13.9. The predicted octanol–water partition coefficient (Wildman–Crippen LogP) is 4.62. The zero-order chi connectivity index (χ0) is 27.0. The van der Waals surface area contributed by atoms with Crippen molar-refractivity contribution in [2.75, 3.05) is 33.2 Å². The van der Waals surface area contributed by atoms with Gasteiger partial charge in [-0.1, -0.05) is 19.9 Å². The van der Waals surface area contributed by atoms with Gasteiger partial charge in [-0.25, -0.2) is 9.47 Å². The van der Waals surface area contributed by atoms with Gasteiger partial charge in [0.1, 0.15) is 0 Å². The lowest BCUT2D eigenvalue weighted by Gasteiger charge is -2.33. The molecular weight excluding hydrogens is 474 g/mol. The quantitative estimate of drug-likeness (QED) is 0.433. The molecule has 0 unspecified atom stereocenters. The van der Waals surface area contributed by atoms with Crippen molar-refractivity contribution < 1.29 is 4.79 Å². The normalized spacial score (nSPS) is 19.1. The number of nitrogens with one attached hydrogen (secondary N) is 3. The number of aromatic nitrogens is 2. The van der Waals surface area contributed by atoms with E-state index < -0.39 is 0 Å². The number of rotatable bonds is 5. The molecular formula is C30H41N7O. The van der Waals surface area contributed by atoms with Crippen molar-refractivity contribution in [2.45, 2.75) is 64.8 Å². The van der Waals surface area contributed by atoms with Crippen LogP contribution in [0.4, 0.5) is 4.79 Å². The Labute approximate surface area is 225 Å². The van der Waals surface area contributed by atoms with E-state index in [0.717, 1.165) is 73.3 Å². The standard InChI is InChI=1S/C30H41N7O/c1-18(2)27-24-15-22(21-10-13-36(14-11-21)30(38)34-23-9-12-33-16-23)7-8-26(24)35-28(27)25-17-37(32-6)29(31-5)20(4)19(25)3/h7-8,15,17-18,21,23,33,35H,6,9-14,16H2,1-5H3,(H,34,38)/b31-29-/t23-/m1/s1. The molecule has 2 aliphatic rings. The highest BCUT2D eigenvalue weighted by Gasteiger charge is 2.27. The van der Waals surface area contributed by atoms with Gasteiger partial charge in [0, 0.05) is 62.1 Å². The first kappa shape index (κ1) is 26.2. The van der Waals surface area contributed by atoms with Gasteiger partial charge in [-0.3, -0.25) is 4.99 Å². The van der Waals surface area contributed by atoms with Crippen molar-refractivity contribution in [1.82, 2.24) is 25.2 Å². The summed E-state index contributed by atoms with van der Waals surface area (Å²) < 4.78 is 1.77. The minimum atomic E-state index is 0.0868. The number of nitrogens with zero attached hydrogens (tertiary/aromatic N) is 4. The SMILES string of the molecule is C=Nn1cc(-c2[nH]c3ccc(C4CCN(C(=O)N[C@@H]5CCNC5)CC4)cc3c2C(C)C)c(C)c(C)/c1=N/C. The lowest BCUT2D eigenvalue weighted by Crippen LogP contribution is -2.48. The van der Waals surface area contributed by atoms with Crippen LogP contribution in [0.25, 0.3) is 22.2 Å². The van der Waals surface area contributed by atoms with E-state index in [4.69, 9.17) is 0 Å². The van der Waals surface area contributed by atoms with Crippen molar-refractivity contribution in [2.24, 2.45) is 10.1 Å². The molecule has 2 fully saturated rings. The van der Waals surface area contributed by atoms with Gasteiger partial charge in [0.05, 0.1) is 5.69 Å². The molecule has 1 aromatic carbocycles. The second-order valence-corrected chi connectivity index (χ2v) is 11.1. The van der Waals surface area contributed by atoms with E-state index in [-0.39, 0.29) is 12.1 Å². The molecule has 8 nitrogen and oxygen atoms in total. The molecule has 2 aromatic heterocycles. The summed E-state index contributed by atoms with van der Waals surface area (Å²) in [5.74, 6) is 0.793. The van der Waals surface area contributed by atoms with Crippen molar-refractivity contribution >= 4 is 23.7 Å². The van der Waals surface area contributed by atoms with E-state index in [1.807, 2.05) is 11.1 Å². The Bertz CT molecular complexity index is 1420. The molecule has 3 N–H and O–H groups in total. The summed E-state index contributed by atoms with van der Waals surface area (Å²) in [5, 5.41) is 12.0. The zero-order valence-corrected chi connectivity index (χ0v) is 23.4. The minimum absolute atomic E-state index is 0.0868. The minimum Gasteiger partial charge on any atom is -0.354 e. The number of fused-ring (bicyclic) bond motifs is 1. The van der Waals surface area contributed by atoms with Crippen LogP contribution in [0.1, 0.15) is 67.2 Å². The van der Waals surface area contributed by atoms with E-state index in [0.29, 0.717) is 11.8 Å². The zero-order valence-electron chi connectivity index (χ0n) is 23.4. The second kappa shape index (κ2) is 10.8. The summed E-state index contributed by atoms with van der Waals surface area (Å²) in [4.78, 5) is 22.9. The Kier molecular flexibility index (Phi) is 7.43. The van der Waals surface area contributed by atoms with Crippen LogP contribution < -0.4 is 16.1 Å². The van der Waals surface area contributed by atoms with E-state index in [2.05, 4.69) is 78.3 Å². The monoisotopic (exact) mass is 515 g/mol. The maximum Gasteiger partial charge on any atom is 0.317 e. The Morgan fingerprint density at radius 3 is 2.55 bits per heavy atom. The molecule has 1 atom stereocenters. The number of carbonyl (C=O) groups is 1. The number of likely N-dealkylation sites (tertiary alicyclic amines) is 1. The van der Waals surface area contributed by atoms with Crippen molar-refractivity contribution in [3.05, 3.63) is 52.1 Å². The average Bonchev–Trinajstić information content (AvgIpc) is 3.57. The lowest BCUT2D eigenvalue weighted by atomic mass is 9.87. The molecule has 2 aliphatic heterocycles. The fraction of sp³-hybridized carbons (Fsp3) is 0.500. The number of benzene rings is 1. The van der Waals surface area contributed by atoms with Crippen LogP contribution in [0.15, 0.2) is 34.5 Å². The molecule has 3 aromatic rings. The molecule has 4 heterocycles. The third-order valence-electron chi connectivity index (χ3n) is 8.49. The summed E-state index contributed by atoms with van der Waals surface area (Å²) in [5.41, 5.74) is 9.22. The van der Waals surface area contributed by atoms with Crippen molar-refractivity contribution in [3.63, 3.8) is 0 Å². The molecule has 5 rings (SSSR count). The van der Waals surface area contributed by atoms with Crippen LogP contribution in [-0.4, -0.2) is 66.6 Å². The van der Waals surface area contributed by atoms with E-state index >= 15 is 0 Å².